The van der Waals surface area contributed by atoms with E-state index >= 15 is 0 Å². The largest absolute Gasteiger partial charge is 0.508 e. The van der Waals surface area contributed by atoms with Crippen molar-refractivity contribution in [2.75, 3.05) is 31.7 Å². The number of phenols is 1. The topological polar surface area (TPSA) is 88.0 Å². The van der Waals surface area contributed by atoms with E-state index in [4.69, 9.17) is 19.7 Å². The number of carbonyl (C=O) groups is 1. The van der Waals surface area contributed by atoms with Crippen molar-refractivity contribution >= 4 is 11.8 Å². The van der Waals surface area contributed by atoms with Crippen molar-refractivity contribution in [3.8, 4) is 5.75 Å². The van der Waals surface area contributed by atoms with E-state index in [2.05, 4.69) is 5.32 Å². The molecule has 0 saturated carbocycles. The number of ether oxygens (including phenoxy) is 2. The second-order valence-corrected chi connectivity index (χ2v) is 4.20. The zero-order valence-corrected chi connectivity index (χ0v) is 11.4. The van der Waals surface area contributed by atoms with E-state index in [1.54, 1.807) is 12.1 Å². The first kappa shape index (κ1) is 16.3. The molecule has 0 fully saturated rings. The zero-order valence-electron chi connectivity index (χ0n) is 11.4. The molecular weight excluding hydrogens is 262 g/mol. The number of unbranched alkanes of at least 4 members (excludes halogenated alkanes) is 1. The minimum Gasteiger partial charge on any atom is -0.508 e. The lowest BCUT2D eigenvalue weighted by molar-refractivity contribution is 0.106. The molecule has 3 N–H and O–H groups in total. The summed E-state index contributed by atoms with van der Waals surface area (Å²) in [4.78, 5) is 11.4. The quantitative estimate of drug-likeness (QED) is 0.477. The van der Waals surface area contributed by atoms with Crippen LogP contribution < -0.4 is 5.32 Å². The first-order valence-electron chi connectivity index (χ1n) is 6.64. The van der Waals surface area contributed by atoms with Crippen molar-refractivity contribution in [3.63, 3.8) is 0 Å². The van der Waals surface area contributed by atoms with Crippen LogP contribution in [0.5, 0.6) is 5.75 Å². The van der Waals surface area contributed by atoms with Crippen LogP contribution in [0.4, 0.5) is 10.5 Å². The second kappa shape index (κ2) is 10.1. The third kappa shape index (κ3) is 7.60. The van der Waals surface area contributed by atoms with Crippen LogP contribution in [-0.2, 0) is 9.47 Å². The van der Waals surface area contributed by atoms with Crippen molar-refractivity contribution in [2.24, 2.45) is 0 Å². The molecule has 0 aliphatic heterocycles. The lowest BCUT2D eigenvalue weighted by atomic mass is 10.3. The number of nitrogens with one attached hydrogen (secondary N) is 1. The molecule has 6 nitrogen and oxygen atoms in total. The number of phenolic OH excluding ortho intramolecular Hbond substituents is 1. The lowest BCUT2D eigenvalue weighted by Gasteiger charge is -2.07. The van der Waals surface area contributed by atoms with E-state index in [1.807, 2.05) is 0 Å². The Balaban J connectivity index is 2.01. The van der Waals surface area contributed by atoms with Crippen molar-refractivity contribution in [3.05, 3.63) is 24.3 Å². The number of aliphatic hydroxyl groups excluding tert-OH is 1. The van der Waals surface area contributed by atoms with E-state index in [1.165, 1.54) is 12.1 Å². The molecule has 0 heterocycles. The average molecular weight is 283 g/mol. The summed E-state index contributed by atoms with van der Waals surface area (Å²) in [5.74, 6) is 0.144. The number of carbonyl (C=O) groups excluding carboxylic acids is 1. The molecule has 0 atom stereocenters. The highest BCUT2D eigenvalue weighted by Gasteiger charge is 2.02. The van der Waals surface area contributed by atoms with Crippen molar-refractivity contribution < 1.29 is 24.5 Å². The molecule has 0 unspecified atom stereocenters. The summed E-state index contributed by atoms with van der Waals surface area (Å²) in [6, 6.07) is 6.15. The molecule has 6 heteroatoms. The van der Waals surface area contributed by atoms with Gasteiger partial charge in [-0.05, 0) is 43.5 Å². The van der Waals surface area contributed by atoms with E-state index < -0.39 is 6.09 Å². The summed E-state index contributed by atoms with van der Waals surface area (Å²) in [5, 5.41) is 20.2. The monoisotopic (exact) mass is 283 g/mol. The highest BCUT2D eigenvalue weighted by molar-refractivity contribution is 5.84. The third-order valence-corrected chi connectivity index (χ3v) is 2.48. The van der Waals surface area contributed by atoms with Gasteiger partial charge < -0.3 is 19.7 Å². The van der Waals surface area contributed by atoms with Gasteiger partial charge in [-0.25, -0.2) is 4.79 Å². The minimum atomic E-state index is -0.517. The van der Waals surface area contributed by atoms with E-state index in [0.29, 0.717) is 31.9 Å². The summed E-state index contributed by atoms with van der Waals surface area (Å²) in [5.41, 5.74) is 0.570. The lowest BCUT2D eigenvalue weighted by Crippen LogP contribution is -2.14. The molecule has 0 aliphatic rings. The number of anilines is 1. The van der Waals surface area contributed by atoms with Gasteiger partial charge >= 0.3 is 6.09 Å². The van der Waals surface area contributed by atoms with Crippen LogP contribution in [0.2, 0.25) is 0 Å². The van der Waals surface area contributed by atoms with E-state index in [-0.39, 0.29) is 12.4 Å². The molecule has 0 aromatic heterocycles. The predicted molar refractivity (Wildman–Crippen MR) is 74.8 cm³/mol. The number of rotatable bonds is 9. The smallest absolute Gasteiger partial charge is 0.411 e. The van der Waals surface area contributed by atoms with Gasteiger partial charge in [-0.3, -0.25) is 5.32 Å². The summed E-state index contributed by atoms with van der Waals surface area (Å²) < 4.78 is 10.2. The standard InChI is InChI=1S/C14H21NO5/c16-8-3-10-19-9-1-2-11-20-14(18)15-12-4-6-13(17)7-5-12/h4-7,16-17H,1-3,8-11H2,(H,15,18). The summed E-state index contributed by atoms with van der Waals surface area (Å²) in [7, 11) is 0. The normalized spacial score (nSPS) is 10.2. The van der Waals surface area contributed by atoms with Crippen LogP contribution in [0.15, 0.2) is 24.3 Å². The first-order valence-corrected chi connectivity index (χ1v) is 6.64. The summed E-state index contributed by atoms with van der Waals surface area (Å²) in [6.45, 7) is 1.62. The number of benzene rings is 1. The number of amides is 1. The number of aliphatic hydroxyl groups is 1. The molecule has 0 aliphatic carbocycles. The van der Waals surface area contributed by atoms with Crippen molar-refractivity contribution in [1.29, 1.82) is 0 Å². The fourth-order valence-corrected chi connectivity index (χ4v) is 1.44. The Morgan fingerprint density at radius 1 is 1.05 bits per heavy atom. The van der Waals surface area contributed by atoms with Gasteiger partial charge in [-0.1, -0.05) is 0 Å². The van der Waals surface area contributed by atoms with Gasteiger partial charge in [-0.2, -0.15) is 0 Å². The molecular formula is C14H21NO5. The van der Waals surface area contributed by atoms with Crippen LogP contribution in [0.25, 0.3) is 0 Å². The Morgan fingerprint density at radius 2 is 1.70 bits per heavy atom. The molecule has 20 heavy (non-hydrogen) atoms. The SMILES string of the molecule is O=C(Nc1ccc(O)cc1)OCCCCOCCCO. The van der Waals surface area contributed by atoms with Crippen LogP contribution in [0.3, 0.4) is 0 Å². The highest BCUT2D eigenvalue weighted by Crippen LogP contribution is 2.13. The molecule has 1 rings (SSSR count). The number of hydrogen-bond acceptors (Lipinski definition) is 5. The van der Waals surface area contributed by atoms with Gasteiger partial charge in [0.2, 0.25) is 0 Å². The Morgan fingerprint density at radius 3 is 2.40 bits per heavy atom. The summed E-state index contributed by atoms with van der Waals surface area (Å²) >= 11 is 0. The first-order chi connectivity index (χ1) is 9.72. The maximum atomic E-state index is 11.4. The average Bonchev–Trinajstić information content (AvgIpc) is 2.44. The highest BCUT2D eigenvalue weighted by atomic mass is 16.5. The minimum absolute atomic E-state index is 0.139. The van der Waals surface area contributed by atoms with Crippen LogP contribution in [0.1, 0.15) is 19.3 Å². The molecule has 112 valence electrons. The van der Waals surface area contributed by atoms with Gasteiger partial charge in [0.1, 0.15) is 5.75 Å². The Labute approximate surface area is 118 Å². The molecule has 0 radical (unpaired) electrons. The number of hydrogen-bond donors (Lipinski definition) is 3. The van der Waals surface area contributed by atoms with Crippen LogP contribution >= 0.6 is 0 Å². The van der Waals surface area contributed by atoms with Gasteiger partial charge in [0.05, 0.1) is 6.61 Å². The maximum Gasteiger partial charge on any atom is 0.411 e. The van der Waals surface area contributed by atoms with E-state index in [9.17, 15) is 4.79 Å². The second-order valence-electron chi connectivity index (χ2n) is 4.20. The molecule has 1 aromatic rings. The Hall–Kier alpha value is -1.79. The van der Waals surface area contributed by atoms with Gasteiger partial charge in [0.15, 0.2) is 0 Å². The van der Waals surface area contributed by atoms with Crippen LogP contribution in [-0.4, -0.2) is 42.7 Å². The number of aromatic hydroxyl groups is 1. The van der Waals surface area contributed by atoms with Crippen molar-refractivity contribution in [2.45, 2.75) is 19.3 Å². The Bertz CT molecular complexity index is 380. The fourth-order valence-electron chi connectivity index (χ4n) is 1.44. The molecule has 1 aromatic carbocycles. The molecule has 0 spiro atoms. The zero-order chi connectivity index (χ0) is 14.6. The fraction of sp³-hybridized carbons (Fsp3) is 0.500. The molecule has 0 saturated heterocycles. The summed E-state index contributed by atoms with van der Waals surface area (Å²) in [6.07, 6.45) is 1.66. The Kier molecular flexibility index (Phi) is 8.17. The molecule has 1 amide bonds. The van der Waals surface area contributed by atoms with Gasteiger partial charge in [0, 0.05) is 25.5 Å². The van der Waals surface area contributed by atoms with E-state index in [0.717, 1.165) is 12.8 Å². The maximum absolute atomic E-state index is 11.4. The van der Waals surface area contributed by atoms with Crippen molar-refractivity contribution in [1.82, 2.24) is 0 Å². The van der Waals surface area contributed by atoms with Gasteiger partial charge in [0.25, 0.3) is 0 Å². The van der Waals surface area contributed by atoms with Gasteiger partial charge in [-0.15, -0.1) is 0 Å². The third-order valence-electron chi connectivity index (χ3n) is 2.48. The predicted octanol–water partition coefficient (Wildman–Crippen LogP) is 2.12. The molecule has 0 bridgehead atoms. The van der Waals surface area contributed by atoms with Crippen LogP contribution in [0, 0.1) is 0 Å².